The van der Waals surface area contributed by atoms with E-state index >= 15 is 0 Å². The average Bonchev–Trinajstić information content (AvgIpc) is 2.63. The van der Waals surface area contributed by atoms with Crippen molar-refractivity contribution in [3.8, 4) is 0 Å². The van der Waals surface area contributed by atoms with Gasteiger partial charge in [0, 0.05) is 6.20 Å². The third-order valence-corrected chi connectivity index (χ3v) is 6.58. The van der Waals surface area contributed by atoms with Crippen molar-refractivity contribution < 1.29 is 8.78 Å². The third kappa shape index (κ3) is 4.34. The van der Waals surface area contributed by atoms with Crippen LogP contribution in [0, 0.1) is 29.5 Å². The van der Waals surface area contributed by atoms with Crippen molar-refractivity contribution in [2.45, 2.75) is 83.5 Å². The minimum absolute atomic E-state index is 0.366. The van der Waals surface area contributed by atoms with Crippen LogP contribution in [-0.4, -0.2) is 4.98 Å². The Morgan fingerprint density at radius 2 is 1.58 bits per heavy atom. The summed E-state index contributed by atoms with van der Waals surface area (Å²) in [5.41, 5.74) is 0.885. The van der Waals surface area contributed by atoms with Crippen molar-refractivity contribution in [2.75, 3.05) is 0 Å². The molecule has 2 aliphatic rings. The Kier molecular flexibility index (Phi) is 6.24. The monoisotopic (exact) mass is 335 g/mol. The molecule has 0 radical (unpaired) electrons. The molecule has 134 valence electrons. The number of nitrogens with zero attached hydrogens (tertiary/aromatic N) is 1. The summed E-state index contributed by atoms with van der Waals surface area (Å²) in [4.78, 5) is 3.55. The molecule has 0 saturated heterocycles. The predicted molar refractivity (Wildman–Crippen MR) is 93.8 cm³/mol. The lowest BCUT2D eigenvalue weighted by Crippen LogP contribution is -2.25. The van der Waals surface area contributed by atoms with Crippen LogP contribution in [0.4, 0.5) is 8.78 Å². The van der Waals surface area contributed by atoms with Gasteiger partial charge in [-0.25, -0.2) is 9.37 Å². The van der Waals surface area contributed by atoms with Gasteiger partial charge >= 0.3 is 0 Å². The number of pyridine rings is 1. The van der Waals surface area contributed by atoms with Crippen LogP contribution < -0.4 is 0 Å². The fourth-order valence-corrected chi connectivity index (χ4v) is 5.02. The van der Waals surface area contributed by atoms with Gasteiger partial charge in [-0.15, -0.1) is 0 Å². The summed E-state index contributed by atoms with van der Waals surface area (Å²) < 4.78 is 26.4. The Morgan fingerprint density at radius 3 is 2.17 bits per heavy atom. The summed E-state index contributed by atoms with van der Waals surface area (Å²) in [6.45, 7) is 2.28. The van der Waals surface area contributed by atoms with Crippen LogP contribution in [0.2, 0.25) is 0 Å². The van der Waals surface area contributed by atoms with Gasteiger partial charge in [-0.2, -0.15) is 4.39 Å². The quantitative estimate of drug-likeness (QED) is 0.550. The Hall–Kier alpha value is -0.990. The highest BCUT2D eigenvalue weighted by Crippen LogP contribution is 2.44. The Balaban J connectivity index is 1.46. The van der Waals surface area contributed by atoms with Gasteiger partial charge in [0.15, 0.2) is 5.82 Å². The van der Waals surface area contributed by atoms with Crippen LogP contribution in [0.15, 0.2) is 12.3 Å². The second kappa shape index (κ2) is 8.40. The van der Waals surface area contributed by atoms with E-state index in [0.29, 0.717) is 5.92 Å². The van der Waals surface area contributed by atoms with Crippen LogP contribution in [-0.2, 0) is 0 Å². The van der Waals surface area contributed by atoms with Crippen molar-refractivity contribution in [3.63, 3.8) is 0 Å². The predicted octanol–water partition coefficient (Wildman–Crippen LogP) is 6.63. The molecule has 0 unspecified atom stereocenters. The van der Waals surface area contributed by atoms with Crippen molar-refractivity contribution in [2.24, 2.45) is 17.8 Å². The fourth-order valence-electron chi connectivity index (χ4n) is 5.02. The van der Waals surface area contributed by atoms with Crippen molar-refractivity contribution >= 4 is 0 Å². The maximum atomic E-state index is 13.4. The van der Waals surface area contributed by atoms with E-state index in [0.717, 1.165) is 36.2 Å². The maximum absolute atomic E-state index is 13.4. The topological polar surface area (TPSA) is 12.9 Å². The van der Waals surface area contributed by atoms with Gasteiger partial charge in [-0.05, 0) is 73.8 Å². The molecule has 24 heavy (non-hydrogen) atoms. The van der Waals surface area contributed by atoms with Crippen molar-refractivity contribution in [3.05, 3.63) is 29.6 Å². The van der Waals surface area contributed by atoms with Gasteiger partial charge in [0.05, 0.1) is 0 Å². The SMILES string of the molecule is CCCC[C@H]1CC[C@H]([C@H]2CC[C@H](c3cnc(F)c(F)c3)CC2)CC1. The molecule has 0 atom stereocenters. The average molecular weight is 335 g/mol. The zero-order valence-electron chi connectivity index (χ0n) is 14.9. The highest BCUT2D eigenvalue weighted by molar-refractivity contribution is 5.17. The summed E-state index contributed by atoms with van der Waals surface area (Å²) in [6, 6.07) is 1.35. The van der Waals surface area contributed by atoms with Crippen molar-refractivity contribution in [1.29, 1.82) is 0 Å². The van der Waals surface area contributed by atoms with Gasteiger partial charge < -0.3 is 0 Å². The van der Waals surface area contributed by atoms with E-state index in [1.165, 1.54) is 70.1 Å². The lowest BCUT2D eigenvalue weighted by Gasteiger charge is -2.38. The van der Waals surface area contributed by atoms with Crippen LogP contribution in [0.3, 0.4) is 0 Å². The highest BCUT2D eigenvalue weighted by Gasteiger charge is 2.31. The molecule has 1 heterocycles. The lowest BCUT2D eigenvalue weighted by atomic mass is 9.68. The zero-order chi connectivity index (χ0) is 16.9. The molecule has 0 spiro atoms. The summed E-state index contributed by atoms with van der Waals surface area (Å²) in [5.74, 6) is 1.32. The Labute approximate surface area is 145 Å². The maximum Gasteiger partial charge on any atom is 0.248 e. The second-order valence-corrected chi connectivity index (χ2v) is 8.08. The second-order valence-electron chi connectivity index (χ2n) is 8.08. The molecule has 0 aromatic carbocycles. The van der Waals surface area contributed by atoms with Crippen LogP contribution in [0.5, 0.6) is 0 Å². The molecule has 3 heteroatoms. The zero-order valence-corrected chi connectivity index (χ0v) is 14.9. The van der Waals surface area contributed by atoms with E-state index in [1.54, 1.807) is 0 Å². The molecule has 2 aliphatic carbocycles. The molecule has 0 amide bonds. The molecule has 0 bridgehead atoms. The van der Waals surface area contributed by atoms with E-state index in [1.807, 2.05) is 0 Å². The summed E-state index contributed by atoms with van der Waals surface area (Å²) >= 11 is 0. The smallest absolute Gasteiger partial charge is 0.225 e. The summed E-state index contributed by atoms with van der Waals surface area (Å²) in [5, 5.41) is 0. The van der Waals surface area contributed by atoms with E-state index in [2.05, 4.69) is 11.9 Å². The van der Waals surface area contributed by atoms with E-state index in [4.69, 9.17) is 0 Å². The van der Waals surface area contributed by atoms with E-state index < -0.39 is 11.8 Å². The van der Waals surface area contributed by atoms with Crippen LogP contribution in [0.1, 0.15) is 89.0 Å². The van der Waals surface area contributed by atoms with Gasteiger partial charge in [-0.3, -0.25) is 0 Å². The Morgan fingerprint density at radius 1 is 0.958 bits per heavy atom. The molecule has 0 aliphatic heterocycles. The van der Waals surface area contributed by atoms with Gasteiger partial charge in [0.1, 0.15) is 0 Å². The van der Waals surface area contributed by atoms with Crippen LogP contribution in [0.25, 0.3) is 0 Å². The normalized spacial score (nSPS) is 31.1. The molecular weight excluding hydrogens is 304 g/mol. The minimum Gasteiger partial charge on any atom is -0.225 e. The third-order valence-electron chi connectivity index (χ3n) is 6.58. The van der Waals surface area contributed by atoms with E-state index in [-0.39, 0.29) is 0 Å². The number of aromatic nitrogens is 1. The van der Waals surface area contributed by atoms with Crippen molar-refractivity contribution in [1.82, 2.24) is 4.98 Å². The van der Waals surface area contributed by atoms with Crippen LogP contribution >= 0.6 is 0 Å². The molecule has 1 aromatic rings. The Bertz CT molecular complexity index is 515. The first-order valence-electron chi connectivity index (χ1n) is 9.98. The summed E-state index contributed by atoms with van der Waals surface area (Å²) in [6.07, 6.45) is 16.1. The molecule has 2 saturated carbocycles. The molecule has 0 N–H and O–H groups in total. The first kappa shape index (κ1) is 17.8. The largest absolute Gasteiger partial charge is 0.248 e. The minimum atomic E-state index is -0.979. The first-order valence-corrected chi connectivity index (χ1v) is 9.98. The fraction of sp³-hybridized carbons (Fsp3) is 0.762. The first-order chi connectivity index (χ1) is 11.7. The number of hydrogen-bond donors (Lipinski definition) is 0. The van der Waals surface area contributed by atoms with E-state index in [9.17, 15) is 8.78 Å². The number of rotatable bonds is 5. The summed E-state index contributed by atoms with van der Waals surface area (Å²) in [7, 11) is 0. The number of unbranched alkanes of at least 4 members (excludes halogenated alkanes) is 1. The lowest BCUT2D eigenvalue weighted by molar-refractivity contribution is 0.155. The van der Waals surface area contributed by atoms with Gasteiger partial charge in [0.2, 0.25) is 5.95 Å². The molecule has 3 rings (SSSR count). The highest BCUT2D eigenvalue weighted by atomic mass is 19.2. The standard InChI is InChI=1S/C21H31F2N/c1-2-3-4-15-5-7-16(8-6-15)17-9-11-18(12-10-17)19-13-20(22)21(23)24-14-19/h13-18H,2-12H2,1H3/t15-,16-,17-,18-. The molecule has 1 aromatic heterocycles. The number of hydrogen-bond acceptors (Lipinski definition) is 1. The molecule has 1 nitrogen and oxygen atoms in total. The number of halogens is 2. The molecule has 2 fully saturated rings. The van der Waals surface area contributed by atoms with Gasteiger partial charge in [0.25, 0.3) is 0 Å². The molecular formula is C21H31F2N. The van der Waals surface area contributed by atoms with Gasteiger partial charge in [-0.1, -0.05) is 39.0 Å².